The molecule has 0 unspecified atom stereocenters. The van der Waals surface area contributed by atoms with Gasteiger partial charge in [-0.3, -0.25) is 19.2 Å². The number of benzene rings is 3. The van der Waals surface area contributed by atoms with Gasteiger partial charge in [0.2, 0.25) is 5.91 Å². The molecule has 0 atom stereocenters. The van der Waals surface area contributed by atoms with Crippen molar-refractivity contribution < 1.29 is 28.7 Å². The smallest absolute Gasteiger partial charge is 0.338 e. The lowest BCUT2D eigenvalue weighted by molar-refractivity contribution is -0.119. The number of hydrogen-bond acceptors (Lipinski definition) is 6. The van der Waals surface area contributed by atoms with Crippen LogP contribution in [0, 0.1) is 0 Å². The van der Waals surface area contributed by atoms with E-state index in [0.29, 0.717) is 28.2 Å². The van der Waals surface area contributed by atoms with Gasteiger partial charge in [0.15, 0.2) is 6.61 Å². The molecule has 170 valence electrons. The first kappa shape index (κ1) is 22.4. The van der Waals surface area contributed by atoms with Gasteiger partial charge in [-0.25, -0.2) is 9.69 Å². The van der Waals surface area contributed by atoms with Crippen molar-refractivity contribution in [3.63, 3.8) is 0 Å². The average Bonchev–Trinajstić information content (AvgIpc) is 3.09. The van der Waals surface area contributed by atoms with Crippen LogP contribution in [0.25, 0.3) is 0 Å². The van der Waals surface area contributed by atoms with Crippen molar-refractivity contribution >= 4 is 46.7 Å². The molecule has 0 spiro atoms. The Morgan fingerprint density at radius 3 is 1.82 bits per heavy atom. The minimum Gasteiger partial charge on any atom is -0.452 e. The van der Waals surface area contributed by atoms with E-state index in [1.807, 2.05) is 0 Å². The van der Waals surface area contributed by atoms with Crippen molar-refractivity contribution in [3.8, 4) is 0 Å². The summed E-state index contributed by atoms with van der Waals surface area (Å²) >= 11 is 0. The van der Waals surface area contributed by atoms with Crippen molar-refractivity contribution in [1.82, 2.24) is 0 Å². The third-order valence-electron chi connectivity index (χ3n) is 4.98. The number of carbonyl (C=O) groups excluding carboxylic acids is 5. The molecule has 2 N–H and O–H groups in total. The van der Waals surface area contributed by atoms with Crippen LogP contribution in [0.15, 0.2) is 72.8 Å². The summed E-state index contributed by atoms with van der Waals surface area (Å²) in [5.74, 6) is -2.34. The number of nitrogens with zero attached hydrogens (tertiary/aromatic N) is 1. The Labute approximate surface area is 194 Å². The molecule has 0 aromatic heterocycles. The Morgan fingerprint density at radius 2 is 1.29 bits per heavy atom. The summed E-state index contributed by atoms with van der Waals surface area (Å²) in [5, 5.41) is 5.20. The fourth-order valence-corrected chi connectivity index (χ4v) is 3.42. The van der Waals surface area contributed by atoms with Gasteiger partial charge in [0.25, 0.3) is 17.7 Å². The molecule has 34 heavy (non-hydrogen) atoms. The molecule has 0 saturated carbocycles. The molecule has 1 aliphatic rings. The number of amides is 4. The maximum atomic E-state index is 12.6. The highest BCUT2D eigenvalue weighted by atomic mass is 16.5. The van der Waals surface area contributed by atoms with E-state index in [9.17, 15) is 24.0 Å². The first-order valence-corrected chi connectivity index (χ1v) is 10.3. The van der Waals surface area contributed by atoms with E-state index in [2.05, 4.69) is 10.6 Å². The van der Waals surface area contributed by atoms with Gasteiger partial charge < -0.3 is 15.4 Å². The number of nitrogens with one attached hydrogen (secondary N) is 2. The lowest BCUT2D eigenvalue weighted by Crippen LogP contribution is -2.29. The maximum Gasteiger partial charge on any atom is 0.338 e. The normalized spacial score (nSPS) is 12.2. The molecule has 1 heterocycles. The van der Waals surface area contributed by atoms with Gasteiger partial charge >= 0.3 is 5.97 Å². The van der Waals surface area contributed by atoms with E-state index in [4.69, 9.17) is 4.74 Å². The molecular formula is C25H19N3O6. The van der Waals surface area contributed by atoms with Crippen LogP contribution in [0.3, 0.4) is 0 Å². The van der Waals surface area contributed by atoms with Gasteiger partial charge in [-0.2, -0.15) is 0 Å². The maximum absolute atomic E-state index is 12.6. The average molecular weight is 457 g/mol. The van der Waals surface area contributed by atoms with Crippen LogP contribution in [0.2, 0.25) is 0 Å². The molecule has 1 aliphatic heterocycles. The number of carbonyl (C=O) groups is 5. The molecule has 9 heteroatoms. The van der Waals surface area contributed by atoms with Crippen molar-refractivity contribution in [2.24, 2.45) is 0 Å². The first-order valence-electron chi connectivity index (χ1n) is 10.3. The summed E-state index contributed by atoms with van der Waals surface area (Å²) in [6, 6.07) is 18.8. The van der Waals surface area contributed by atoms with Gasteiger partial charge in [-0.05, 0) is 60.7 Å². The summed E-state index contributed by atoms with van der Waals surface area (Å²) in [6.45, 7) is 0.883. The van der Waals surface area contributed by atoms with Crippen molar-refractivity contribution in [3.05, 3.63) is 89.5 Å². The molecule has 0 aliphatic carbocycles. The van der Waals surface area contributed by atoms with Crippen LogP contribution in [0.5, 0.6) is 0 Å². The fraction of sp³-hybridized carbons (Fsp3) is 0.0800. The second-order valence-corrected chi connectivity index (χ2v) is 7.42. The lowest BCUT2D eigenvalue weighted by Gasteiger charge is -2.14. The molecule has 4 rings (SSSR count). The number of esters is 1. The van der Waals surface area contributed by atoms with Crippen LogP contribution in [0.4, 0.5) is 17.1 Å². The highest BCUT2D eigenvalue weighted by Gasteiger charge is 2.36. The van der Waals surface area contributed by atoms with Crippen LogP contribution < -0.4 is 15.5 Å². The van der Waals surface area contributed by atoms with E-state index in [1.54, 1.807) is 48.5 Å². The van der Waals surface area contributed by atoms with Crippen molar-refractivity contribution in [2.45, 2.75) is 6.92 Å². The third-order valence-corrected chi connectivity index (χ3v) is 4.98. The monoisotopic (exact) mass is 457 g/mol. The van der Waals surface area contributed by atoms with Crippen LogP contribution >= 0.6 is 0 Å². The molecule has 0 radical (unpaired) electrons. The Kier molecular flexibility index (Phi) is 6.18. The van der Waals surface area contributed by atoms with Gasteiger partial charge in [0.05, 0.1) is 22.4 Å². The minimum absolute atomic E-state index is 0.160. The summed E-state index contributed by atoms with van der Waals surface area (Å²) in [7, 11) is 0. The number of imide groups is 1. The fourth-order valence-electron chi connectivity index (χ4n) is 3.42. The highest BCUT2D eigenvalue weighted by Crippen LogP contribution is 2.28. The third kappa shape index (κ3) is 4.68. The Hall–Kier alpha value is -4.79. The zero-order chi connectivity index (χ0) is 24.2. The summed E-state index contributed by atoms with van der Waals surface area (Å²) in [5.41, 5.74) is 2.19. The molecular weight excluding hydrogens is 438 g/mol. The van der Waals surface area contributed by atoms with E-state index >= 15 is 0 Å². The van der Waals surface area contributed by atoms with E-state index < -0.39 is 30.3 Å². The number of rotatable bonds is 6. The standard InChI is InChI=1S/C25H19N3O6/c1-15(29)26-17-8-10-18(11-9-17)27-22(30)14-34-25(33)16-6-12-19(13-7-16)28-23(31)20-4-2-3-5-21(20)24(28)32/h2-13H,14H2,1H3,(H,26,29)(H,27,30). The molecule has 0 saturated heterocycles. The molecule has 3 aromatic rings. The highest BCUT2D eigenvalue weighted by molar-refractivity contribution is 6.34. The lowest BCUT2D eigenvalue weighted by atomic mass is 10.1. The predicted octanol–water partition coefficient (Wildman–Crippen LogP) is 3.24. The van der Waals surface area contributed by atoms with E-state index in [1.165, 1.54) is 31.2 Å². The number of hydrogen-bond donors (Lipinski definition) is 2. The van der Waals surface area contributed by atoms with Gasteiger partial charge in [0.1, 0.15) is 0 Å². The molecule has 0 fully saturated rings. The van der Waals surface area contributed by atoms with Crippen molar-refractivity contribution in [1.29, 1.82) is 0 Å². The SMILES string of the molecule is CC(=O)Nc1ccc(NC(=O)COC(=O)c2ccc(N3C(=O)c4ccccc4C3=O)cc2)cc1. The number of anilines is 3. The summed E-state index contributed by atoms with van der Waals surface area (Å²) < 4.78 is 5.04. The van der Waals surface area contributed by atoms with Crippen LogP contribution in [-0.4, -0.2) is 36.2 Å². The Morgan fingerprint density at radius 1 is 0.765 bits per heavy atom. The summed E-state index contributed by atoms with van der Waals surface area (Å²) in [4.78, 5) is 61.6. The Balaban J connectivity index is 1.33. The predicted molar refractivity (Wildman–Crippen MR) is 124 cm³/mol. The van der Waals surface area contributed by atoms with Crippen molar-refractivity contribution in [2.75, 3.05) is 22.1 Å². The quantitative estimate of drug-likeness (QED) is 0.433. The molecule has 3 aromatic carbocycles. The zero-order valence-electron chi connectivity index (χ0n) is 18.0. The molecule has 9 nitrogen and oxygen atoms in total. The number of ether oxygens (including phenoxy) is 1. The van der Waals surface area contributed by atoms with Gasteiger partial charge in [-0.15, -0.1) is 0 Å². The summed E-state index contributed by atoms with van der Waals surface area (Å²) in [6.07, 6.45) is 0. The second-order valence-electron chi connectivity index (χ2n) is 7.42. The second kappa shape index (κ2) is 9.37. The first-order chi connectivity index (χ1) is 16.3. The van der Waals surface area contributed by atoms with Gasteiger partial charge in [0, 0.05) is 18.3 Å². The molecule has 4 amide bonds. The van der Waals surface area contributed by atoms with Crippen LogP contribution in [-0.2, 0) is 14.3 Å². The van der Waals surface area contributed by atoms with Crippen LogP contribution in [0.1, 0.15) is 38.0 Å². The molecule has 0 bridgehead atoms. The Bertz CT molecular complexity index is 1260. The zero-order valence-corrected chi connectivity index (χ0v) is 18.0. The van der Waals surface area contributed by atoms with E-state index in [-0.39, 0.29) is 11.5 Å². The largest absolute Gasteiger partial charge is 0.452 e. The topological polar surface area (TPSA) is 122 Å². The van der Waals surface area contributed by atoms with Gasteiger partial charge in [-0.1, -0.05) is 12.1 Å². The number of fused-ring (bicyclic) bond motifs is 1. The van der Waals surface area contributed by atoms with E-state index in [0.717, 1.165) is 4.90 Å². The minimum atomic E-state index is -0.731.